The molecule has 48 heavy (non-hydrogen) atoms. The van der Waals surface area contributed by atoms with E-state index in [1.54, 1.807) is 12.0 Å². The third-order valence-corrected chi connectivity index (χ3v) is 13.0. The number of carbonyl (C=O) groups excluding carboxylic acids is 1. The van der Waals surface area contributed by atoms with Crippen LogP contribution in [0.5, 0.6) is 0 Å². The molecule has 264 valence electrons. The third kappa shape index (κ3) is 6.47. The van der Waals surface area contributed by atoms with Gasteiger partial charge in [-0.2, -0.15) is 5.06 Å². The molecule has 3 aliphatic carbocycles. The first kappa shape index (κ1) is 35.8. The van der Waals surface area contributed by atoms with Crippen molar-refractivity contribution in [1.29, 1.82) is 0 Å². The Morgan fingerprint density at radius 3 is 2.40 bits per heavy atom. The lowest BCUT2D eigenvalue weighted by Gasteiger charge is -2.62. The normalized spacial score (nSPS) is 33.8. The van der Waals surface area contributed by atoms with Crippen LogP contribution in [0.3, 0.4) is 0 Å². The zero-order valence-corrected chi connectivity index (χ0v) is 30.8. The van der Waals surface area contributed by atoms with Gasteiger partial charge in [0.15, 0.2) is 0 Å². The van der Waals surface area contributed by atoms with Crippen LogP contribution in [0.2, 0.25) is 5.02 Å². The second-order valence-corrected chi connectivity index (χ2v) is 16.8. The van der Waals surface area contributed by atoms with Crippen LogP contribution in [0.25, 0.3) is 0 Å². The summed E-state index contributed by atoms with van der Waals surface area (Å²) in [5.41, 5.74) is 5.02. The summed E-state index contributed by atoms with van der Waals surface area (Å²) >= 11 is 6.78. The van der Waals surface area contributed by atoms with E-state index in [0.29, 0.717) is 41.7 Å². The number of aliphatic hydroxyl groups excluding tert-OH is 2. The Bertz CT molecular complexity index is 1470. The molecule has 0 radical (unpaired) electrons. The Labute approximate surface area is 292 Å². The van der Waals surface area contributed by atoms with E-state index in [4.69, 9.17) is 16.4 Å². The SMILES string of the molecule is CC(C)[C@H]1C(N(C)C)c2cccc(Cl)c2CN1Cc1cccc(CN2O[C@@H](CO)[C@@H]([C@H](C)O)[C@H]2C(=O)N[C@H]2C[C@H]3C[C@@H]([C@@H]2C)C3(C)C)c1. The molecular weight excluding hydrogens is 624 g/mol. The molecule has 1 unspecified atom stereocenters. The van der Waals surface area contributed by atoms with Gasteiger partial charge in [0.1, 0.15) is 12.1 Å². The standard InChI is InChI=1S/C39H57ClN4O4/c1-22(2)35-36(42(7)8)28-13-10-14-31(40)29(28)20-43(35)18-25-11-9-12-26(15-25)19-44-37(34(24(4)46)33(21-45)48-44)38(47)41-32-17-27-16-30(23(32)3)39(27,5)6/h9-15,22-24,27,30,32-37,45-46H,16-21H2,1-8H3,(H,41,47)/t23-,24-,27+,30-,32-,33-,34+,35-,36?,37-/m0/s1. The molecule has 2 bridgehead atoms. The molecule has 10 atom stereocenters. The summed E-state index contributed by atoms with van der Waals surface area (Å²) in [5, 5.41) is 27.0. The van der Waals surface area contributed by atoms with Gasteiger partial charge in [0, 0.05) is 36.1 Å². The lowest BCUT2D eigenvalue weighted by molar-refractivity contribution is -0.183. The van der Waals surface area contributed by atoms with Gasteiger partial charge in [-0.3, -0.25) is 14.5 Å². The van der Waals surface area contributed by atoms with Crippen LogP contribution >= 0.6 is 11.6 Å². The molecule has 0 spiro atoms. The molecule has 2 aliphatic heterocycles. The lowest BCUT2D eigenvalue weighted by Crippen LogP contribution is -2.62. The van der Waals surface area contributed by atoms with E-state index in [1.165, 1.54) is 23.1 Å². The summed E-state index contributed by atoms with van der Waals surface area (Å²) in [6.07, 6.45) is 0.737. The Kier molecular flexibility index (Phi) is 10.4. The van der Waals surface area contributed by atoms with Crippen LogP contribution in [0.15, 0.2) is 42.5 Å². The predicted octanol–water partition coefficient (Wildman–Crippen LogP) is 5.64. The van der Waals surface area contributed by atoms with E-state index in [2.05, 4.69) is 100 Å². The van der Waals surface area contributed by atoms with E-state index >= 15 is 0 Å². The summed E-state index contributed by atoms with van der Waals surface area (Å²) in [5.74, 6) is 1.36. The Morgan fingerprint density at radius 1 is 1.10 bits per heavy atom. The van der Waals surface area contributed by atoms with Crippen LogP contribution in [-0.2, 0) is 29.3 Å². The maximum absolute atomic E-state index is 14.1. The molecule has 3 N–H and O–H groups in total. The fraction of sp³-hybridized carbons (Fsp3) is 0.667. The van der Waals surface area contributed by atoms with Crippen molar-refractivity contribution in [1.82, 2.24) is 20.2 Å². The van der Waals surface area contributed by atoms with E-state index < -0.39 is 24.2 Å². The molecule has 7 rings (SSSR count). The van der Waals surface area contributed by atoms with Gasteiger partial charge in [-0.25, -0.2) is 0 Å². The molecule has 1 saturated heterocycles. The summed E-state index contributed by atoms with van der Waals surface area (Å²) in [4.78, 5) is 25.2. The van der Waals surface area contributed by atoms with Gasteiger partial charge in [-0.1, -0.05) is 82.6 Å². The third-order valence-electron chi connectivity index (χ3n) is 12.6. The second kappa shape index (κ2) is 13.9. The molecule has 9 heteroatoms. The summed E-state index contributed by atoms with van der Waals surface area (Å²) < 4.78 is 0. The quantitative estimate of drug-likeness (QED) is 0.299. The van der Waals surface area contributed by atoms with E-state index in [0.717, 1.165) is 30.1 Å². The number of benzene rings is 2. The van der Waals surface area contributed by atoms with E-state index in [1.807, 2.05) is 6.07 Å². The zero-order valence-electron chi connectivity index (χ0n) is 30.1. The van der Waals surface area contributed by atoms with Gasteiger partial charge in [0.25, 0.3) is 0 Å². The minimum Gasteiger partial charge on any atom is -0.394 e. The van der Waals surface area contributed by atoms with Crippen molar-refractivity contribution >= 4 is 17.5 Å². The smallest absolute Gasteiger partial charge is 0.240 e. The number of aliphatic hydroxyl groups is 2. The molecule has 2 heterocycles. The largest absolute Gasteiger partial charge is 0.394 e. The number of nitrogens with one attached hydrogen (secondary N) is 1. The van der Waals surface area contributed by atoms with Crippen molar-refractivity contribution < 1.29 is 19.8 Å². The summed E-state index contributed by atoms with van der Waals surface area (Å²) in [6, 6.07) is 14.7. The highest BCUT2D eigenvalue weighted by atomic mass is 35.5. The molecule has 5 aliphatic rings. The number of halogens is 1. The number of likely N-dealkylation sites (N-methyl/N-ethyl adjacent to an activating group) is 1. The number of fused-ring (bicyclic) bond motifs is 3. The summed E-state index contributed by atoms with van der Waals surface area (Å²) in [6.45, 7) is 14.9. The molecule has 8 nitrogen and oxygen atoms in total. The Morgan fingerprint density at radius 2 is 1.79 bits per heavy atom. The fourth-order valence-electron chi connectivity index (χ4n) is 9.97. The van der Waals surface area contributed by atoms with Gasteiger partial charge >= 0.3 is 0 Å². The molecule has 3 saturated carbocycles. The van der Waals surface area contributed by atoms with Gasteiger partial charge in [-0.05, 0) is 91.3 Å². The highest BCUT2D eigenvalue weighted by Gasteiger charge is 2.57. The van der Waals surface area contributed by atoms with Crippen molar-refractivity contribution in [3.63, 3.8) is 0 Å². The first-order valence-corrected chi connectivity index (χ1v) is 18.4. The number of carbonyl (C=O) groups is 1. The Balaban J connectivity index is 1.22. The number of hydrogen-bond donors (Lipinski definition) is 3. The van der Waals surface area contributed by atoms with Crippen molar-refractivity contribution in [2.24, 2.45) is 35.0 Å². The topological polar surface area (TPSA) is 88.5 Å². The Hall–Kier alpha value is -2.04. The minimum absolute atomic E-state index is 0.102. The lowest BCUT2D eigenvalue weighted by atomic mass is 9.45. The van der Waals surface area contributed by atoms with E-state index in [9.17, 15) is 15.0 Å². The maximum atomic E-state index is 14.1. The number of rotatable bonds is 10. The van der Waals surface area contributed by atoms with Crippen LogP contribution < -0.4 is 5.32 Å². The second-order valence-electron chi connectivity index (χ2n) is 16.4. The molecule has 2 aromatic carbocycles. The number of nitrogens with zero attached hydrogens (tertiary/aromatic N) is 3. The monoisotopic (exact) mass is 680 g/mol. The minimum atomic E-state index is -0.822. The van der Waals surface area contributed by atoms with Gasteiger partial charge < -0.3 is 20.4 Å². The van der Waals surface area contributed by atoms with E-state index in [-0.39, 0.29) is 24.6 Å². The van der Waals surface area contributed by atoms with Crippen molar-refractivity contribution in [2.45, 2.75) is 110 Å². The number of hydroxylamine groups is 2. The molecule has 4 fully saturated rings. The van der Waals surface area contributed by atoms with Crippen molar-refractivity contribution in [2.75, 3.05) is 20.7 Å². The average Bonchev–Trinajstić information content (AvgIpc) is 3.40. The van der Waals surface area contributed by atoms with Crippen LogP contribution in [0.4, 0.5) is 0 Å². The van der Waals surface area contributed by atoms with Crippen LogP contribution in [-0.4, -0.2) is 82.0 Å². The molecular formula is C39H57ClN4O4. The van der Waals surface area contributed by atoms with Crippen LogP contribution in [0.1, 0.15) is 82.7 Å². The first-order valence-electron chi connectivity index (χ1n) is 18.0. The zero-order chi connectivity index (χ0) is 34.7. The number of hydrogen-bond acceptors (Lipinski definition) is 7. The fourth-order valence-corrected chi connectivity index (χ4v) is 10.2. The molecule has 0 aromatic heterocycles. The number of amides is 1. The average molecular weight is 681 g/mol. The highest BCUT2D eigenvalue weighted by Crippen LogP contribution is 2.61. The van der Waals surface area contributed by atoms with Crippen molar-refractivity contribution in [3.8, 4) is 0 Å². The maximum Gasteiger partial charge on any atom is 0.240 e. The predicted molar refractivity (Wildman–Crippen MR) is 190 cm³/mol. The molecule has 1 amide bonds. The van der Waals surface area contributed by atoms with Gasteiger partial charge in [0.05, 0.1) is 25.3 Å². The van der Waals surface area contributed by atoms with Crippen LogP contribution in [0, 0.1) is 35.0 Å². The first-order chi connectivity index (χ1) is 22.7. The summed E-state index contributed by atoms with van der Waals surface area (Å²) in [7, 11) is 4.30. The molecule has 2 aromatic rings. The van der Waals surface area contributed by atoms with Crippen molar-refractivity contribution in [3.05, 3.63) is 69.7 Å². The van der Waals surface area contributed by atoms with Gasteiger partial charge in [-0.15, -0.1) is 0 Å². The van der Waals surface area contributed by atoms with Gasteiger partial charge in [0.2, 0.25) is 5.91 Å². The highest BCUT2D eigenvalue weighted by molar-refractivity contribution is 6.31.